The quantitative estimate of drug-likeness (QED) is 0.918. The van der Waals surface area contributed by atoms with Gasteiger partial charge in [-0.1, -0.05) is 0 Å². The van der Waals surface area contributed by atoms with Gasteiger partial charge in [0.1, 0.15) is 5.69 Å². The number of nitrogens with one attached hydrogen (secondary N) is 1. The molecule has 0 saturated carbocycles. The number of benzene rings is 1. The van der Waals surface area contributed by atoms with E-state index in [1.807, 2.05) is 19.1 Å². The van der Waals surface area contributed by atoms with Gasteiger partial charge in [-0.25, -0.2) is 4.68 Å². The van der Waals surface area contributed by atoms with E-state index in [9.17, 15) is 9.59 Å². The third-order valence-electron chi connectivity index (χ3n) is 3.78. The second-order valence-electron chi connectivity index (χ2n) is 5.31. The predicted octanol–water partition coefficient (Wildman–Crippen LogP) is 2.19. The molecule has 1 aromatic carbocycles. The molecule has 1 heterocycles. The zero-order chi connectivity index (χ0) is 17.0. The molecule has 1 N–H and O–H groups in total. The van der Waals surface area contributed by atoms with E-state index in [1.54, 1.807) is 0 Å². The molecule has 6 heteroatoms. The Bertz CT molecular complexity index is 763. The largest absolute Gasteiger partial charge is 0.372 e. The summed E-state index contributed by atoms with van der Waals surface area (Å²) in [4.78, 5) is 25.8. The lowest BCUT2D eigenvalue weighted by Crippen LogP contribution is -2.24. The second kappa shape index (κ2) is 7.09. The van der Waals surface area contributed by atoms with Crippen molar-refractivity contribution >= 4 is 17.3 Å². The van der Waals surface area contributed by atoms with Crippen molar-refractivity contribution in [2.45, 2.75) is 20.8 Å². The number of hydrogen-bond donors (Lipinski definition) is 1. The zero-order valence-corrected chi connectivity index (χ0v) is 14.0. The standard InChI is InChI=1S/C17H22N4O2/c1-5-21(6-2)13-7-8-14(12(3)11-13)18-17(23)15-9-10-16(22)20(4)19-15/h7-11H,5-6H2,1-4H3,(H,18,23). The minimum atomic E-state index is -0.334. The van der Waals surface area contributed by atoms with Crippen molar-refractivity contribution in [1.82, 2.24) is 9.78 Å². The van der Waals surface area contributed by atoms with E-state index in [-0.39, 0.29) is 17.2 Å². The average Bonchev–Trinajstić information content (AvgIpc) is 2.53. The number of aryl methyl sites for hydroxylation is 2. The van der Waals surface area contributed by atoms with E-state index >= 15 is 0 Å². The molecule has 1 aromatic heterocycles. The first-order chi connectivity index (χ1) is 11.0. The van der Waals surface area contributed by atoms with Crippen LogP contribution in [0.1, 0.15) is 29.9 Å². The van der Waals surface area contributed by atoms with Crippen LogP contribution in [0.5, 0.6) is 0 Å². The van der Waals surface area contributed by atoms with Gasteiger partial charge in [0.15, 0.2) is 0 Å². The van der Waals surface area contributed by atoms with Gasteiger partial charge in [0.25, 0.3) is 11.5 Å². The third kappa shape index (κ3) is 3.77. The molecule has 0 fully saturated rings. The summed E-state index contributed by atoms with van der Waals surface area (Å²) < 4.78 is 1.14. The highest BCUT2D eigenvalue weighted by molar-refractivity contribution is 6.03. The van der Waals surface area contributed by atoms with E-state index in [2.05, 4.69) is 35.2 Å². The van der Waals surface area contributed by atoms with Crippen LogP contribution >= 0.6 is 0 Å². The molecule has 0 aliphatic rings. The van der Waals surface area contributed by atoms with Gasteiger partial charge in [0, 0.05) is 37.6 Å². The Balaban J connectivity index is 2.21. The maximum Gasteiger partial charge on any atom is 0.276 e. The summed E-state index contributed by atoms with van der Waals surface area (Å²) in [6.45, 7) is 8.05. The van der Waals surface area contributed by atoms with Crippen LogP contribution < -0.4 is 15.8 Å². The minimum Gasteiger partial charge on any atom is -0.372 e. The van der Waals surface area contributed by atoms with Crippen molar-refractivity contribution in [2.75, 3.05) is 23.3 Å². The van der Waals surface area contributed by atoms with Gasteiger partial charge in [-0.2, -0.15) is 5.10 Å². The van der Waals surface area contributed by atoms with Gasteiger partial charge >= 0.3 is 0 Å². The molecule has 0 aliphatic heterocycles. The number of nitrogens with zero attached hydrogens (tertiary/aromatic N) is 3. The van der Waals surface area contributed by atoms with E-state index in [1.165, 1.54) is 19.2 Å². The molecule has 0 bridgehead atoms. The number of aromatic nitrogens is 2. The molecule has 0 unspecified atom stereocenters. The van der Waals surface area contributed by atoms with E-state index in [0.717, 1.165) is 34.7 Å². The smallest absolute Gasteiger partial charge is 0.276 e. The van der Waals surface area contributed by atoms with Gasteiger partial charge in [-0.05, 0) is 50.6 Å². The highest BCUT2D eigenvalue weighted by Gasteiger charge is 2.11. The molecule has 0 atom stereocenters. The topological polar surface area (TPSA) is 67.2 Å². The van der Waals surface area contributed by atoms with Crippen LogP contribution in [-0.4, -0.2) is 28.8 Å². The first kappa shape index (κ1) is 16.7. The predicted molar refractivity (Wildman–Crippen MR) is 92.2 cm³/mol. The number of amides is 1. The Hall–Kier alpha value is -2.63. The Kier molecular flexibility index (Phi) is 5.16. The first-order valence-electron chi connectivity index (χ1n) is 7.67. The van der Waals surface area contributed by atoms with E-state index in [0.29, 0.717) is 0 Å². The number of hydrogen-bond acceptors (Lipinski definition) is 4. The Labute approximate surface area is 135 Å². The lowest BCUT2D eigenvalue weighted by Gasteiger charge is -2.22. The molecule has 122 valence electrons. The maximum atomic E-state index is 12.3. The molecule has 0 aliphatic carbocycles. The molecule has 0 saturated heterocycles. The van der Waals surface area contributed by atoms with Crippen LogP contribution in [-0.2, 0) is 7.05 Å². The van der Waals surface area contributed by atoms with Crippen LogP contribution in [0, 0.1) is 6.92 Å². The minimum absolute atomic E-state index is 0.208. The summed E-state index contributed by atoms with van der Waals surface area (Å²) in [5.41, 5.74) is 2.81. The summed E-state index contributed by atoms with van der Waals surface area (Å²) in [5.74, 6) is -0.334. The van der Waals surface area contributed by atoms with Crippen molar-refractivity contribution in [3.63, 3.8) is 0 Å². The van der Waals surface area contributed by atoms with Gasteiger partial charge in [-0.3, -0.25) is 9.59 Å². The number of rotatable bonds is 5. The first-order valence-corrected chi connectivity index (χ1v) is 7.67. The van der Waals surface area contributed by atoms with Crippen LogP contribution in [0.4, 0.5) is 11.4 Å². The monoisotopic (exact) mass is 314 g/mol. The maximum absolute atomic E-state index is 12.3. The molecule has 2 rings (SSSR count). The van der Waals surface area contributed by atoms with Crippen molar-refractivity contribution in [3.05, 3.63) is 51.9 Å². The fraction of sp³-hybridized carbons (Fsp3) is 0.353. The molecule has 6 nitrogen and oxygen atoms in total. The number of carbonyl (C=O) groups is 1. The lowest BCUT2D eigenvalue weighted by molar-refractivity contribution is 0.102. The highest BCUT2D eigenvalue weighted by atomic mass is 16.2. The van der Waals surface area contributed by atoms with Gasteiger partial charge in [-0.15, -0.1) is 0 Å². The Morgan fingerprint density at radius 2 is 1.91 bits per heavy atom. The Morgan fingerprint density at radius 3 is 2.48 bits per heavy atom. The second-order valence-corrected chi connectivity index (χ2v) is 5.31. The average molecular weight is 314 g/mol. The number of carbonyl (C=O) groups excluding carboxylic acids is 1. The summed E-state index contributed by atoms with van der Waals surface area (Å²) in [5, 5.41) is 6.79. The summed E-state index contributed by atoms with van der Waals surface area (Å²) in [6, 6.07) is 8.69. The van der Waals surface area contributed by atoms with Crippen LogP contribution in [0.3, 0.4) is 0 Å². The molecule has 23 heavy (non-hydrogen) atoms. The van der Waals surface area contributed by atoms with Crippen molar-refractivity contribution < 1.29 is 4.79 Å². The van der Waals surface area contributed by atoms with Gasteiger partial charge in [0.2, 0.25) is 0 Å². The van der Waals surface area contributed by atoms with Crippen molar-refractivity contribution in [2.24, 2.45) is 7.05 Å². The fourth-order valence-electron chi connectivity index (χ4n) is 2.38. The molecule has 2 aromatic rings. The van der Waals surface area contributed by atoms with E-state index in [4.69, 9.17) is 0 Å². The fourth-order valence-corrected chi connectivity index (χ4v) is 2.38. The van der Waals surface area contributed by atoms with Crippen LogP contribution in [0.2, 0.25) is 0 Å². The summed E-state index contributed by atoms with van der Waals surface area (Å²) in [7, 11) is 1.52. The van der Waals surface area contributed by atoms with Crippen LogP contribution in [0.15, 0.2) is 35.1 Å². The normalized spacial score (nSPS) is 10.4. The zero-order valence-electron chi connectivity index (χ0n) is 14.0. The van der Waals surface area contributed by atoms with E-state index < -0.39 is 0 Å². The molecule has 0 spiro atoms. The van der Waals surface area contributed by atoms with Crippen molar-refractivity contribution in [3.8, 4) is 0 Å². The van der Waals surface area contributed by atoms with Crippen LogP contribution in [0.25, 0.3) is 0 Å². The summed E-state index contributed by atoms with van der Waals surface area (Å²) in [6.07, 6.45) is 0. The molecule has 1 amide bonds. The molecular weight excluding hydrogens is 292 g/mol. The third-order valence-corrected chi connectivity index (χ3v) is 3.78. The SMILES string of the molecule is CCN(CC)c1ccc(NC(=O)c2ccc(=O)n(C)n2)c(C)c1. The van der Waals surface area contributed by atoms with Gasteiger partial charge in [0.05, 0.1) is 0 Å². The Morgan fingerprint density at radius 1 is 1.22 bits per heavy atom. The van der Waals surface area contributed by atoms with Gasteiger partial charge < -0.3 is 10.2 Å². The summed E-state index contributed by atoms with van der Waals surface area (Å²) >= 11 is 0. The number of anilines is 2. The molecular formula is C17H22N4O2. The highest BCUT2D eigenvalue weighted by Crippen LogP contribution is 2.23. The lowest BCUT2D eigenvalue weighted by atomic mass is 10.1. The van der Waals surface area contributed by atoms with Crippen molar-refractivity contribution in [1.29, 1.82) is 0 Å². The molecule has 0 radical (unpaired) electrons.